The van der Waals surface area contributed by atoms with E-state index in [0.717, 1.165) is 25.0 Å². The predicted molar refractivity (Wildman–Crippen MR) is 91.3 cm³/mol. The van der Waals surface area contributed by atoms with Crippen LogP contribution >= 0.6 is 11.3 Å². The van der Waals surface area contributed by atoms with Gasteiger partial charge in [0.05, 0.1) is 5.69 Å². The lowest BCUT2D eigenvalue weighted by Crippen LogP contribution is -2.32. The van der Waals surface area contributed by atoms with Crippen LogP contribution in [-0.2, 0) is 6.54 Å². The second kappa shape index (κ2) is 6.66. The monoisotopic (exact) mass is 307 g/mol. The summed E-state index contributed by atoms with van der Waals surface area (Å²) in [5, 5.41) is 4.90. The fourth-order valence-electron chi connectivity index (χ4n) is 2.92. The van der Waals surface area contributed by atoms with Crippen molar-refractivity contribution in [3.63, 3.8) is 0 Å². The summed E-state index contributed by atoms with van der Waals surface area (Å²) >= 11 is 1.92. The molecule has 0 saturated heterocycles. The molecule has 4 heteroatoms. The standard InChI is InChI=1S/C17H29N3S/c1-4-20(11-13-6-5-7-13)17-19-16(12(2)3)15(21-17)10-18-14-8-9-14/h12-14,18H,4-11H2,1-3H3. The molecule has 0 atom stereocenters. The van der Waals surface area contributed by atoms with Crippen LogP contribution in [0.1, 0.15) is 69.4 Å². The van der Waals surface area contributed by atoms with Crippen LogP contribution in [0.3, 0.4) is 0 Å². The first-order valence-electron chi connectivity index (χ1n) is 8.65. The lowest BCUT2D eigenvalue weighted by atomic mass is 9.85. The number of aromatic nitrogens is 1. The highest BCUT2D eigenvalue weighted by atomic mass is 32.1. The zero-order valence-electron chi connectivity index (χ0n) is 13.7. The molecule has 0 aliphatic heterocycles. The number of anilines is 1. The Morgan fingerprint density at radius 3 is 2.57 bits per heavy atom. The van der Waals surface area contributed by atoms with Crippen LogP contribution in [0.5, 0.6) is 0 Å². The lowest BCUT2D eigenvalue weighted by molar-refractivity contribution is 0.318. The first-order chi connectivity index (χ1) is 10.2. The Labute approximate surface area is 133 Å². The molecular formula is C17H29N3S. The molecule has 1 heterocycles. The summed E-state index contributed by atoms with van der Waals surface area (Å²) in [5.74, 6) is 1.43. The van der Waals surface area contributed by atoms with Crippen LogP contribution in [0.4, 0.5) is 5.13 Å². The second-order valence-electron chi connectivity index (χ2n) is 6.95. The van der Waals surface area contributed by atoms with E-state index in [1.165, 1.54) is 54.4 Å². The van der Waals surface area contributed by atoms with Gasteiger partial charge in [-0.1, -0.05) is 20.3 Å². The zero-order chi connectivity index (χ0) is 14.8. The molecule has 118 valence electrons. The van der Waals surface area contributed by atoms with E-state index in [-0.39, 0.29) is 0 Å². The van der Waals surface area contributed by atoms with Crippen molar-refractivity contribution in [3.8, 4) is 0 Å². The largest absolute Gasteiger partial charge is 0.348 e. The van der Waals surface area contributed by atoms with Gasteiger partial charge in [-0.3, -0.25) is 0 Å². The van der Waals surface area contributed by atoms with Gasteiger partial charge < -0.3 is 10.2 Å². The van der Waals surface area contributed by atoms with Crippen LogP contribution < -0.4 is 10.2 Å². The van der Waals surface area contributed by atoms with Crippen molar-refractivity contribution in [2.75, 3.05) is 18.0 Å². The van der Waals surface area contributed by atoms with Crippen LogP contribution in [0.25, 0.3) is 0 Å². The molecule has 2 aliphatic rings. The van der Waals surface area contributed by atoms with Gasteiger partial charge in [0, 0.05) is 30.6 Å². The molecule has 3 nitrogen and oxygen atoms in total. The summed E-state index contributed by atoms with van der Waals surface area (Å²) in [5.41, 5.74) is 1.32. The van der Waals surface area contributed by atoms with Gasteiger partial charge in [-0.2, -0.15) is 0 Å². The van der Waals surface area contributed by atoms with Crippen LogP contribution in [0.2, 0.25) is 0 Å². The van der Waals surface area contributed by atoms with E-state index in [2.05, 4.69) is 31.0 Å². The molecular weight excluding hydrogens is 278 g/mol. The third kappa shape index (κ3) is 3.78. The topological polar surface area (TPSA) is 28.2 Å². The van der Waals surface area contributed by atoms with Crippen molar-refractivity contribution in [3.05, 3.63) is 10.6 Å². The number of hydrogen-bond acceptors (Lipinski definition) is 4. The maximum Gasteiger partial charge on any atom is 0.185 e. The van der Waals surface area contributed by atoms with E-state index in [0.29, 0.717) is 5.92 Å². The average molecular weight is 308 g/mol. The third-order valence-corrected chi connectivity index (χ3v) is 5.88. The van der Waals surface area contributed by atoms with Gasteiger partial charge in [0.1, 0.15) is 0 Å². The van der Waals surface area contributed by atoms with E-state index in [9.17, 15) is 0 Å². The van der Waals surface area contributed by atoms with Gasteiger partial charge in [0.25, 0.3) is 0 Å². The summed E-state index contributed by atoms with van der Waals surface area (Å²) in [6.45, 7) is 10.1. The molecule has 2 fully saturated rings. The zero-order valence-corrected chi connectivity index (χ0v) is 14.5. The summed E-state index contributed by atoms with van der Waals surface area (Å²) in [4.78, 5) is 8.95. The van der Waals surface area contributed by atoms with Crippen molar-refractivity contribution in [1.29, 1.82) is 0 Å². The summed E-state index contributed by atoms with van der Waals surface area (Å²) in [7, 11) is 0. The average Bonchev–Trinajstić information content (AvgIpc) is 3.14. The maximum atomic E-state index is 5.00. The highest BCUT2D eigenvalue weighted by molar-refractivity contribution is 7.15. The minimum absolute atomic E-state index is 0.522. The van der Waals surface area contributed by atoms with Gasteiger partial charge in [-0.15, -0.1) is 11.3 Å². The van der Waals surface area contributed by atoms with E-state index in [4.69, 9.17) is 4.98 Å². The minimum atomic E-state index is 0.522. The molecule has 0 bridgehead atoms. The highest BCUT2D eigenvalue weighted by Gasteiger charge is 2.25. The van der Waals surface area contributed by atoms with E-state index < -0.39 is 0 Å². The number of nitrogens with one attached hydrogen (secondary N) is 1. The van der Waals surface area contributed by atoms with Gasteiger partial charge in [-0.25, -0.2) is 4.98 Å². The quantitative estimate of drug-likeness (QED) is 0.782. The lowest BCUT2D eigenvalue weighted by Gasteiger charge is -2.31. The summed E-state index contributed by atoms with van der Waals surface area (Å²) in [6, 6.07) is 0.771. The van der Waals surface area contributed by atoms with Gasteiger partial charge >= 0.3 is 0 Å². The van der Waals surface area contributed by atoms with Crippen molar-refractivity contribution < 1.29 is 0 Å². The van der Waals surface area contributed by atoms with Crippen LogP contribution in [0.15, 0.2) is 0 Å². The Kier molecular flexibility index (Phi) is 4.85. The summed E-state index contributed by atoms with van der Waals surface area (Å²) < 4.78 is 0. The molecule has 0 unspecified atom stereocenters. The fourth-order valence-corrected chi connectivity index (χ4v) is 4.16. The fraction of sp³-hybridized carbons (Fsp3) is 0.824. The Hall–Kier alpha value is -0.610. The molecule has 0 radical (unpaired) electrons. The van der Waals surface area contributed by atoms with Gasteiger partial charge in [0.15, 0.2) is 5.13 Å². The number of nitrogens with zero attached hydrogens (tertiary/aromatic N) is 2. The first kappa shape index (κ1) is 15.3. The molecule has 0 amide bonds. The smallest absolute Gasteiger partial charge is 0.185 e. The molecule has 21 heavy (non-hydrogen) atoms. The van der Waals surface area contributed by atoms with Gasteiger partial charge in [0.2, 0.25) is 0 Å². The summed E-state index contributed by atoms with van der Waals surface area (Å²) in [6.07, 6.45) is 6.95. The van der Waals surface area contributed by atoms with E-state index in [1.54, 1.807) is 0 Å². The second-order valence-corrected chi connectivity index (χ2v) is 8.01. The Morgan fingerprint density at radius 2 is 2.05 bits per heavy atom. The highest BCUT2D eigenvalue weighted by Crippen LogP contribution is 2.34. The van der Waals surface area contributed by atoms with Crippen LogP contribution in [0, 0.1) is 5.92 Å². The molecule has 3 rings (SSSR count). The maximum absolute atomic E-state index is 5.00. The Balaban J connectivity index is 1.71. The Bertz CT molecular complexity index is 461. The molecule has 2 saturated carbocycles. The van der Waals surface area contributed by atoms with E-state index >= 15 is 0 Å². The normalized spacial score (nSPS) is 19.0. The molecule has 1 N–H and O–H groups in total. The van der Waals surface area contributed by atoms with E-state index in [1.807, 2.05) is 11.3 Å². The molecule has 1 aromatic heterocycles. The molecule has 0 spiro atoms. The molecule has 2 aliphatic carbocycles. The molecule has 0 aromatic carbocycles. The first-order valence-corrected chi connectivity index (χ1v) is 9.47. The predicted octanol–water partition coefficient (Wildman–Crippen LogP) is 4.14. The Morgan fingerprint density at radius 1 is 1.29 bits per heavy atom. The number of thiazole rings is 1. The number of rotatable bonds is 8. The van der Waals surface area contributed by atoms with Crippen molar-refractivity contribution >= 4 is 16.5 Å². The van der Waals surface area contributed by atoms with Crippen LogP contribution in [-0.4, -0.2) is 24.1 Å². The van der Waals surface area contributed by atoms with Crippen molar-refractivity contribution in [2.45, 2.75) is 71.4 Å². The van der Waals surface area contributed by atoms with Gasteiger partial charge in [-0.05, 0) is 44.4 Å². The molecule has 1 aromatic rings. The SMILES string of the molecule is CCN(CC1CCC1)c1nc(C(C)C)c(CNC2CC2)s1. The van der Waals surface area contributed by atoms with Crippen molar-refractivity contribution in [2.24, 2.45) is 5.92 Å². The minimum Gasteiger partial charge on any atom is -0.348 e. The van der Waals surface area contributed by atoms with Crippen molar-refractivity contribution in [1.82, 2.24) is 10.3 Å². The number of hydrogen-bond donors (Lipinski definition) is 1. The third-order valence-electron chi connectivity index (χ3n) is 4.75.